The highest BCUT2D eigenvalue weighted by Crippen LogP contribution is 2.54. The molecular formula is C27H35F2N5O4S. The first-order chi connectivity index (χ1) is 18.5. The van der Waals surface area contributed by atoms with E-state index >= 15 is 0 Å². The molecule has 3 fully saturated rings. The molecule has 212 valence electrons. The van der Waals surface area contributed by atoms with E-state index in [1.54, 1.807) is 25.1 Å². The number of aliphatic hydroxyl groups is 1. The van der Waals surface area contributed by atoms with Crippen LogP contribution in [0.5, 0.6) is 0 Å². The molecule has 0 radical (unpaired) electrons. The molecule has 0 atom stereocenters. The van der Waals surface area contributed by atoms with E-state index in [0.717, 1.165) is 25.9 Å². The van der Waals surface area contributed by atoms with Crippen molar-refractivity contribution in [1.29, 1.82) is 0 Å². The van der Waals surface area contributed by atoms with E-state index in [1.165, 1.54) is 19.0 Å². The number of aromatic nitrogens is 2. The number of hydrogen-bond acceptors (Lipinski definition) is 7. The quantitative estimate of drug-likeness (QED) is 0.434. The fraction of sp³-hybridized carbons (Fsp3) is 0.593. The van der Waals surface area contributed by atoms with Crippen LogP contribution in [0.25, 0.3) is 0 Å². The van der Waals surface area contributed by atoms with Gasteiger partial charge in [0.05, 0.1) is 47.0 Å². The highest BCUT2D eigenvalue weighted by atomic mass is 32.2. The maximum atomic E-state index is 13.7. The Bertz CT molecular complexity index is 1330. The molecule has 1 aliphatic heterocycles. The van der Waals surface area contributed by atoms with Gasteiger partial charge in [0, 0.05) is 31.8 Å². The zero-order chi connectivity index (χ0) is 27.8. The average molecular weight is 564 g/mol. The van der Waals surface area contributed by atoms with Crippen molar-refractivity contribution in [2.45, 2.75) is 70.1 Å². The molecule has 2 aliphatic carbocycles. The smallest absolute Gasteiger partial charge is 0.275 e. The molecule has 1 amide bonds. The predicted molar refractivity (Wildman–Crippen MR) is 145 cm³/mol. The minimum atomic E-state index is -3.72. The third kappa shape index (κ3) is 6.49. The Morgan fingerprint density at radius 1 is 1.13 bits per heavy atom. The van der Waals surface area contributed by atoms with Crippen molar-refractivity contribution >= 4 is 33.0 Å². The molecule has 39 heavy (non-hydrogen) atoms. The van der Waals surface area contributed by atoms with Crippen LogP contribution in [0.3, 0.4) is 0 Å². The van der Waals surface area contributed by atoms with E-state index < -0.39 is 34.2 Å². The lowest BCUT2D eigenvalue weighted by Gasteiger charge is -2.35. The summed E-state index contributed by atoms with van der Waals surface area (Å²) in [7, 11) is -3.72. The van der Waals surface area contributed by atoms with E-state index in [9.17, 15) is 22.0 Å². The Morgan fingerprint density at radius 3 is 2.46 bits per heavy atom. The second-order valence-corrected chi connectivity index (χ2v) is 13.0. The third-order valence-corrected chi connectivity index (χ3v) is 9.60. The molecule has 9 nitrogen and oxygen atoms in total. The van der Waals surface area contributed by atoms with Crippen LogP contribution in [-0.4, -0.2) is 60.8 Å². The number of amides is 1. The molecule has 0 unspecified atom stereocenters. The van der Waals surface area contributed by atoms with Crippen molar-refractivity contribution in [3.05, 3.63) is 41.5 Å². The summed E-state index contributed by atoms with van der Waals surface area (Å²) in [6.45, 7) is 2.86. The van der Waals surface area contributed by atoms with E-state index in [-0.39, 0.29) is 24.5 Å². The van der Waals surface area contributed by atoms with Gasteiger partial charge in [0.25, 0.3) is 5.91 Å². The number of hydrogen-bond donors (Lipinski definition) is 3. The van der Waals surface area contributed by atoms with Crippen molar-refractivity contribution in [2.24, 2.45) is 5.41 Å². The highest BCUT2D eigenvalue weighted by Gasteiger charge is 2.44. The molecule has 1 spiro atoms. The van der Waals surface area contributed by atoms with E-state index in [4.69, 9.17) is 5.11 Å². The molecule has 0 bridgehead atoms. The standard InChI is InChI=1S/C27H35F2N5O4S/c1-18-24(19-4-6-27(28,29)7-5-19)31-22(17-30-18)25(36)32-21-3-2-20(33-39(37,38)15-14-35)16-23(21)34-12-10-26(8-9-26)11-13-34/h2-3,16-17,19,33,35H,4-15H2,1H3,(H,32,36). The zero-order valence-electron chi connectivity index (χ0n) is 22.0. The van der Waals surface area contributed by atoms with Gasteiger partial charge in [-0.3, -0.25) is 14.5 Å². The monoisotopic (exact) mass is 563 g/mol. The number of rotatable bonds is 8. The molecule has 3 aliphatic rings. The number of aliphatic hydroxyl groups excluding tert-OH is 1. The number of nitrogens with one attached hydrogen (secondary N) is 2. The van der Waals surface area contributed by atoms with Gasteiger partial charge in [-0.1, -0.05) is 0 Å². The van der Waals surface area contributed by atoms with Crippen LogP contribution >= 0.6 is 0 Å². The zero-order valence-corrected chi connectivity index (χ0v) is 22.9. The van der Waals surface area contributed by atoms with Crippen molar-refractivity contribution in [1.82, 2.24) is 9.97 Å². The minimum Gasteiger partial charge on any atom is -0.395 e. The number of carbonyl (C=O) groups excluding carboxylic acids is 1. The summed E-state index contributed by atoms with van der Waals surface area (Å²) in [6, 6.07) is 4.91. The lowest BCUT2D eigenvalue weighted by atomic mass is 9.84. The Hall–Kier alpha value is -2.86. The number of halogens is 2. The summed E-state index contributed by atoms with van der Waals surface area (Å²) in [5.74, 6) is -3.72. The van der Waals surface area contributed by atoms with Gasteiger partial charge in [0.15, 0.2) is 0 Å². The van der Waals surface area contributed by atoms with Gasteiger partial charge in [-0.2, -0.15) is 0 Å². The number of benzene rings is 1. The van der Waals surface area contributed by atoms with Gasteiger partial charge < -0.3 is 15.3 Å². The van der Waals surface area contributed by atoms with Crippen LogP contribution in [0.2, 0.25) is 0 Å². The summed E-state index contributed by atoms with van der Waals surface area (Å²) in [5, 5.41) is 12.0. The fourth-order valence-electron chi connectivity index (χ4n) is 5.67. The van der Waals surface area contributed by atoms with E-state index in [1.807, 2.05) is 0 Å². The number of carbonyl (C=O) groups is 1. The topological polar surface area (TPSA) is 125 Å². The molecule has 5 rings (SSSR count). The second kappa shape index (κ2) is 10.6. The maximum Gasteiger partial charge on any atom is 0.275 e. The van der Waals surface area contributed by atoms with Gasteiger partial charge in [0.2, 0.25) is 15.9 Å². The summed E-state index contributed by atoms with van der Waals surface area (Å²) in [5.41, 5.74) is 3.28. The van der Waals surface area contributed by atoms with Gasteiger partial charge in [-0.25, -0.2) is 22.2 Å². The molecule has 2 heterocycles. The van der Waals surface area contributed by atoms with Gasteiger partial charge in [-0.05, 0) is 69.1 Å². The molecule has 3 N–H and O–H groups in total. The van der Waals surface area contributed by atoms with E-state index in [0.29, 0.717) is 46.7 Å². The minimum absolute atomic E-state index is 0.0992. The lowest BCUT2D eigenvalue weighted by molar-refractivity contribution is -0.0385. The molecular weight excluding hydrogens is 528 g/mol. The number of nitrogens with zero attached hydrogens (tertiary/aromatic N) is 3. The summed E-state index contributed by atoms with van der Waals surface area (Å²) in [6.07, 6.45) is 6.11. The van der Waals surface area contributed by atoms with Crippen LogP contribution in [0.4, 0.5) is 25.8 Å². The van der Waals surface area contributed by atoms with Gasteiger partial charge in [-0.15, -0.1) is 0 Å². The van der Waals surface area contributed by atoms with Crippen molar-refractivity contribution < 1.29 is 27.1 Å². The summed E-state index contributed by atoms with van der Waals surface area (Å²) >= 11 is 0. The predicted octanol–water partition coefficient (Wildman–Crippen LogP) is 4.44. The second-order valence-electron chi connectivity index (χ2n) is 11.2. The maximum absolute atomic E-state index is 13.7. The summed E-state index contributed by atoms with van der Waals surface area (Å²) < 4.78 is 54.3. The Labute approximate surface area is 227 Å². The molecule has 1 saturated heterocycles. The summed E-state index contributed by atoms with van der Waals surface area (Å²) in [4.78, 5) is 24.4. The molecule has 1 aromatic carbocycles. The number of anilines is 3. The Morgan fingerprint density at radius 2 is 1.82 bits per heavy atom. The number of alkyl halides is 2. The number of aryl methyl sites for hydroxylation is 1. The van der Waals surface area contributed by atoms with Crippen molar-refractivity contribution in [2.75, 3.05) is 40.4 Å². The van der Waals surface area contributed by atoms with Crippen molar-refractivity contribution in [3.8, 4) is 0 Å². The van der Waals surface area contributed by atoms with Crippen LogP contribution in [-0.2, 0) is 10.0 Å². The normalized spacial score (nSPS) is 20.6. The van der Waals surface area contributed by atoms with Gasteiger partial charge in [0.1, 0.15) is 5.69 Å². The molecule has 2 saturated carbocycles. The van der Waals surface area contributed by atoms with Gasteiger partial charge >= 0.3 is 0 Å². The molecule has 12 heteroatoms. The van der Waals surface area contributed by atoms with Crippen LogP contribution in [0.1, 0.15) is 79.2 Å². The Balaban J connectivity index is 1.38. The Kier molecular flexibility index (Phi) is 7.53. The average Bonchev–Trinajstić information content (AvgIpc) is 3.64. The first kappa shape index (κ1) is 27.7. The van der Waals surface area contributed by atoms with E-state index in [2.05, 4.69) is 24.9 Å². The van der Waals surface area contributed by atoms with Crippen molar-refractivity contribution in [3.63, 3.8) is 0 Å². The first-order valence-corrected chi connectivity index (χ1v) is 15.2. The molecule has 2 aromatic rings. The SMILES string of the molecule is Cc1ncc(C(=O)Nc2ccc(NS(=O)(=O)CCO)cc2N2CCC3(CC2)CC3)nc1C1CCC(F)(F)CC1. The fourth-order valence-corrected chi connectivity index (χ4v) is 6.50. The lowest BCUT2D eigenvalue weighted by Crippen LogP contribution is -2.35. The molecule has 1 aromatic heterocycles. The number of piperidine rings is 1. The first-order valence-electron chi connectivity index (χ1n) is 13.5. The largest absolute Gasteiger partial charge is 0.395 e. The van der Waals surface area contributed by atoms with Crippen LogP contribution in [0, 0.1) is 12.3 Å². The highest BCUT2D eigenvalue weighted by molar-refractivity contribution is 7.92. The number of sulfonamides is 1. The van der Waals surface area contributed by atoms with Crippen LogP contribution in [0.15, 0.2) is 24.4 Å². The third-order valence-electron chi connectivity index (χ3n) is 8.33. The van der Waals surface area contributed by atoms with Crippen LogP contribution < -0.4 is 14.9 Å².